The molecule has 0 saturated carbocycles. The first-order valence-corrected chi connectivity index (χ1v) is 7.10. The molecular weight excluding hydrogens is 290 g/mol. The standard InChI is InChI=1S/C13H17N5O4/c1-2-16-5-13(12(21)22)6-17(3-9(13)11(16)20)10(19)4-18-8-14-7-15-18/h7-9H,2-6H2,1H3,(H,21,22)/t9-,13+/m0/s1. The van der Waals surface area contributed by atoms with Gasteiger partial charge in [-0.3, -0.25) is 14.4 Å². The summed E-state index contributed by atoms with van der Waals surface area (Å²) in [7, 11) is 0. The number of carbonyl (C=O) groups excluding carboxylic acids is 2. The highest BCUT2D eigenvalue weighted by molar-refractivity contribution is 5.93. The number of amides is 2. The maximum atomic E-state index is 12.3. The van der Waals surface area contributed by atoms with E-state index in [2.05, 4.69) is 10.1 Å². The van der Waals surface area contributed by atoms with Gasteiger partial charge >= 0.3 is 5.97 Å². The van der Waals surface area contributed by atoms with Crippen molar-refractivity contribution in [1.29, 1.82) is 0 Å². The zero-order valence-corrected chi connectivity index (χ0v) is 12.2. The summed E-state index contributed by atoms with van der Waals surface area (Å²) >= 11 is 0. The molecule has 3 rings (SSSR count). The van der Waals surface area contributed by atoms with Crippen molar-refractivity contribution >= 4 is 17.8 Å². The van der Waals surface area contributed by atoms with Crippen LogP contribution < -0.4 is 0 Å². The zero-order chi connectivity index (χ0) is 15.9. The highest BCUT2D eigenvalue weighted by atomic mass is 16.4. The largest absolute Gasteiger partial charge is 0.481 e. The van der Waals surface area contributed by atoms with E-state index < -0.39 is 17.3 Å². The molecule has 0 radical (unpaired) electrons. The van der Waals surface area contributed by atoms with E-state index in [1.54, 1.807) is 4.90 Å². The minimum absolute atomic E-state index is 0.00585. The van der Waals surface area contributed by atoms with Crippen LogP contribution in [0.25, 0.3) is 0 Å². The summed E-state index contributed by atoms with van der Waals surface area (Å²) in [6.45, 7) is 2.67. The number of carboxylic acid groups (broad SMARTS) is 1. The highest BCUT2D eigenvalue weighted by Gasteiger charge is 2.62. The smallest absolute Gasteiger partial charge is 0.314 e. The molecule has 9 heteroatoms. The molecule has 2 aliphatic heterocycles. The van der Waals surface area contributed by atoms with Crippen LogP contribution in [0.1, 0.15) is 6.92 Å². The molecule has 3 heterocycles. The number of carbonyl (C=O) groups is 3. The van der Waals surface area contributed by atoms with Crippen LogP contribution in [0.15, 0.2) is 12.7 Å². The van der Waals surface area contributed by atoms with Crippen molar-refractivity contribution in [3.63, 3.8) is 0 Å². The Morgan fingerprint density at radius 3 is 2.77 bits per heavy atom. The first kappa shape index (κ1) is 14.5. The maximum Gasteiger partial charge on any atom is 0.314 e. The Balaban J connectivity index is 1.78. The van der Waals surface area contributed by atoms with Crippen molar-refractivity contribution in [3.05, 3.63) is 12.7 Å². The molecule has 0 aromatic carbocycles. The lowest BCUT2D eigenvalue weighted by molar-refractivity contribution is -0.150. The van der Waals surface area contributed by atoms with Gasteiger partial charge in [-0.2, -0.15) is 5.10 Å². The third kappa shape index (κ3) is 2.04. The fourth-order valence-corrected chi connectivity index (χ4v) is 3.32. The zero-order valence-electron chi connectivity index (χ0n) is 12.2. The van der Waals surface area contributed by atoms with Crippen molar-refractivity contribution in [2.75, 3.05) is 26.2 Å². The number of fused-ring (bicyclic) bond motifs is 1. The third-order valence-electron chi connectivity index (χ3n) is 4.55. The summed E-state index contributed by atoms with van der Waals surface area (Å²) in [5, 5.41) is 13.5. The van der Waals surface area contributed by atoms with Gasteiger partial charge < -0.3 is 14.9 Å². The van der Waals surface area contributed by atoms with E-state index in [0.29, 0.717) is 6.54 Å². The summed E-state index contributed by atoms with van der Waals surface area (Å²) in [5.41, 5.74) is -1.19. The van der Waals surface area contributed by atoms with Crippen LogP contribution >= 0.6 is 0 Å². The predicted molar refractivity (Wildman–Crippen MR) is 72.4 cm³/mol. The molecule has 1 N–H and O–H groups in total. The van der Waals surface area contributed by atoms with Gasteiger partial charge in [0.25, 0.3) is 0 Å². The summed E-state index contributed by atoms with van der Waals surface area (Å²) in [4.78, 5) is 43.1. The van der Waals surface area contributed by atoms with Gasteiger partial charge in [-0.1, -0.05) is 0 Å². The molecule has 0 bridgehead atoms. The van der Waals surface area contributed by atoms with Gasteiger partial charge in [0.15, 0.2) is 0 Å². The van der Waals surface area contributed by atoms with Gasteiger partial charge in [-0.05, 0) is 6.92 Å². The lowest BCUT2D eigenvalue weighted by Crippen LogP contribution is -2.42. The van der Waals surface area contributed by atoms with Gasteiger partial charge in [0, 0.05) is 26.2 Å². The Kier molecular flexibility index (Phi) is 3.34. The quantitative estimate of drug-likeness (QED) is 0.738. The summed E-state index contributed by atoms with van der Waals surface area (Å²) in [6.07, 6.45) is 2.75. The topological polar surface area (TPSA) is 109 Å². The fraction of sp³-hybridized carbons (Fsp3) is 0.615. The molecule has 118 valence electrons. The van der Waals surface area contributed by atoms with Crippen LogP contribution in [-0.4, -0.2) is 73.6 Å². The van der Waals surface area contributed by atoms with Gasteiger partial charge in [-0.25, -0.2) is 9.67 Å². The van der Waals surface area contributed by atoms with Crippen molar-refractivity contribution < 1.29 is 19.5 Å². The van der Waals surface area contributed by atoms with E-state index in [1.165, 1.54) is 22.2 Å². The van der Waals surface area contributed by atoms with E-state index in [1.807, 2.05) is 6.92 Å². The predicted octanol–water partition coefficient (Wildman–Crippen LogP) is -1.33. The minimum atomic E-state index is -1.19. The van der Waals surface area contributed by atoms with Crippen molar-refractivity contribution in [3.8, 4) is 0 Å². The number of hydrogen-bond donors (Lipinski definition) is 1. The molecule has 9 nitrogen and oxygen atoms in total. The monoisotopic (exact) mass is 307 g/mol. The SMILES string of the molecule is CCN1C[C@@]2(C(=O)O)CN(C(=O)Cn3cncn3)C[C@H]2C1=O. The second kappa shape index (κ2) is 5.08. The van der Waals surface area contributed by atoms with Crippen molar-refractivity contribution in [1.82, 2.24) is 24.6 Å². The Morgan fingerprint density at radius 2 is 2.23 bits per heavy atom. The van der Waals surface area contributed by atoms with Crippen LogP contribution in [0.5, 0.6) is 0 Å². The average molecular weight is 307 g/mol. The van der Waals surface area contributed by atoms with Crippen LogP contribution in [0.2, 0.25) is 0 Å². The Labute approximate surface area is 126 Å². The molecule has 0 spiro atoms. The maximum absolute atomic E-state index is 12.3. The summed E-state index contributed by atoms with van der Waals surface area (Å²) < 4.78 is 1.38. The van der Waals surface area contributed by atoms with E-state index in [4.69, 9.17) is 0 Å². The second-order valence-electron chi connectivity index (χ2n) is 5.73. The molecule has 1 aromatic heterocycles. The molecule has 22 heavy (non-hydrogen) atoms. The molecule has 2 fully saturated rings. The van der Waals surface area contributed by atoms with Crippen LogP contribution in [0.3, 0.4) is 0 Å². The van der Waals surface area contributed by atoms with Gasteiger partial charge in [0.1, 0.15) is 24.6 Å². The van der Waals surface area contributed by atoms with Crippen molar-refractivity contribution in [2.24, 2.45) is 11.3 Å². The lowest BCUT2D eigenvalue weighted by Gasteiger charge is -2.24. The molecular formula is C13H17N5O4. The lowest BCUT2D eigenvalue weighted by atomic mass is 9.81. The van der Waals surface area contributed by atoms with E-state index in [-0.39, 0.29) is 38.0 Å². The number of carboxylic acids is 1. The number of likely N-dealkylation sites (tertiary alicyclic amines) is 2. The summed E-state index contributed by atoms with van der Waals surface area (Å²) in [6, 6.07) is 0. The number of aliphatic carboxylic acids is 1. The molecule has 2 amide bonds. The number of aromatic nitrogens is 3. The van der Waals surface area contributed by atoms with E-state index in [9.17, 15) is 19.5 Å². The Hall–Kier alpha value is -2.45. The van der Waals surface area contributed by atoms with Gasteiger partial charge in [0.05, 0.1) is 5.92 Å². The molecule has 0 unspecified atom stereocenters. The number of rotatable bonds is 4. The Bertz CT molecular complexity index is 616. The van der Waals surface area contributed by atoms with E-state index >= 15 is 0 Å². The fourth-order valence-electron chi connectivity index (χ4n) is 3.32. The third-order valence-corrected chi connectivity index (χ3v) is 4.55. The normalized spacial score (nSPS) is 27.3. The van der Waals surface area contributed by atoms with Gasteiger partial charge in [0.2, 0.25) is 11.8 Å². The molecule has 1 aromatic rings. The van der Waals surface area contributed by atoms with Crippen LogP contribution in [0, 0.1) is 11.3 Å². The molecule has 2 atom stereocenters. The minimum Gasteiger partial charge on any atom is -0.481 e. The first-order chi connectivity index (χ1) is 10.5. The van der Waals surface area contributed by atoms with Crippen LogP contribution in [0.4, 0.5) is 0 Å². The van der Waals surface area contributed by atoms with Gasteiger partial charge in [-0.15, -0.1) is 0 Å². The first-order valence-electron chi connectivity index (χ1n) is 7.10. The van der Waals surface area contributed by atoms with Crippen LogP contribution in [-0.2, 0) is 20.9 Å². The molecule has 0 aliphatic carbocycles. The highest BCUT2D eigenvalue weighted by Crippen LogP contribution is 2.43. The molecule has 2 saturated heterocycles. The Morgan fingerprint density at radius 1 is 1.45 bits per heavy atom. The number of nitrogens with zero attached hydrogens (tertiary/aromatic N) is 5. The molecule has 2 aliphatic rings. The van der Waals surface area contributed by atoms with Crippen molar-refractivity contribution in [2.45, 2.75) is 13.5 Å². The average Bonchev–Trinajstić information content (AvgIpc) is 3.15. The summed E-state index contributed by atoms with van der Waals surface area (Å²) in [5.74, 6) is -2.11. The van der Waals surface area contributed by atoms with E-state index in [0.717, 1.165) is 0 Å². The second-order valence-corrected chi connectivity index (χ2v) is 5.73. The number of hydrogen-bond acceptors (Lipinski definition) is 5.